The van der Waals surface area contributed by atoms with Crippen LogP contribution in [0.1, 0.15) is 20.3 Å². The number of ether oxygens (including phenoxy) is 2. The van der Waals surface area contributed by atoms with Crippen LogP contribution in [0.5, 0.6) is 0 Å². The van der Waals surface area contributed by atoms with Crippen LogP contribution in [0, 0.1) is 0 Å². The molecule has 10 heavy (non-hydrogen) atoms. The normalized spacial score (nSPS) is 15.3. The molecule has 0 spiro atoms. The van der Waals surface area contributed by atoms with Gasteiger partial charge in [-0.25, -0.2) is 0 Å². The highest BCUT2D eigenvalue weighted by atomic mass is 16.7. The van der Waals surface area contributed by atoms with Crippen molar-refractivity contribution in [1.82, 2.24) is 0 Å². The Bertz CT molecular complexity index is 88.9. The zero-order chi connectivity index (χ0) is 8.20. The van der Waals surface area contributed by atoms with Gasteiger partial charge in [0.2, 0.25) is 0 Å². The van der Waals surface area contributed by atoms with E-state index in [1.165, 1.54) is 14.2 Å². The first kappa shape index (κ1) is 9.88. The fourth-order valence-corrected chi connectivity index (χ4v) is 0.726. The lowest BCUT2D eigenvalue weighted by Gasteiger charge is -2.30. The maximum Gasteiger partial charge on any atom is 0.190 e. The topological polar surface area (TPSA) is 38.7 Å². The summed E-state index contributed by atoms with van der Waals surface area (Å²) in [6.07, 6.45) is 0.0561. The van der Waals surface area contributed by atoms with Gasteiger partial charge in [-0.15, -0.1) is 0 Å². The average molecular weight is 148 g/mol. The zero-order valence-electron chi connectivity index (χ0n) is 7.05. The maximum atomic E-state index is 9.33. The Balaban J connectivity index is 4.02. The molecule has 1 atom stereocenters. The predicted molar refractivity (Wildman–Crippen MR) is 38.7 cm³/mol. The summed E-state index contributed by atoms with van der Waals surface area (Å²) in [7, 11) is 3.03. The van der Waals surface area contributed by atoms with Crippen LogP contribution in [-0.4, -0.2) is 31.2 Å². The van der Waals surface area contributed by atoms with E-state index in [0.717, 1.165) is 0 Å². The van der Waals surface area contributed by atoms with Crippen molar-refractivity contribution in [2.24, 2.45) is 0 Å². The first-order valence-corrected chi connectivity index (χ1v) is 3.39. The minimum absolute atomic E-state index is 0.567. The molecule has 0 aromatic heterocycles. The third-order valence-electron chi connectivity index (χ3n) is 1.80. The predicted octanol–water partition coefficient (Wildman–Crippen LogP) is 0.766. The molecule has 0 rings (SSSR count). The number of hydrogen-bond acceptors (Lipinski definition) is 3. The second-order valence-electron chi connectivity index (χ2n) is 2.35. The third-order valence-corrected chi connectivity index (χ3v) is 1.80. The van der Waals surface area contributed by atoms with Gasteiger partial charge in [0.25, 0.3) is 0 Å². The molecule has 0 bridgehead atoms. The quantitative estimate of drug-likeness (QED) is 0.598. The van der Waals surface area contributed by atoms with Gasteiger partial charge in [0.1, 0.15) is 6.10 Å². The molecule has 0 aromatic rings. The second kappa shape index (κ2) is 3.91. The van der Waals surface area contributed by atoms with Crippen LogP contribution in [0.3, 0.4) is 0 Å². The Morgan fingerprint density at radius 2 is 1.80 bits per heavy atom. The van der Waals surface area contributed by atoms with Gasteiger partial charge in [-0.1, -0.05) is 6.92 Å². The number of methoxy groups -OCH3 is 2. The summed E-state index contributed by atoms with van der Waals surface area (Å²) in [5.74, 6) is -0.852. The maximum absolute atomic E-state index is 9.33. The van der Waals surface area contributed by atoms with Gasteiger partial charge in [-0.2, -0.15) is 0 Å². The van der Waals surface area contributed by atoms with Crippen LogP contribution in [0.25, 0.3) is 0 Å². The highest BCUT2D eigenvalue weighted by Crippen LogP contribution is 2.17. The van der Waals surface area contributed by atoms with Gasteiger partial charge in [0, 0.05) is 14.2 Å². The summed E-state index contributed by atoms with van der Waals surface area (Å²) in [6, 6.07) is 0. The molecule has 0 saturated heterocycles. The smallest absolute Gasteiger partial charge is 0.190 e. The van der Waals surface area contributed by atoms with Crippen LogP contribution in [0.4, 0.5) is 0 Å². The van der Waals surface area contributed by atoms with Crippen LogP contribution >= 0.6 is 0 Å². The van der Waals surface area contributed by atoms with Crippen molar-refractivity contribution in [1.29, 1.82) is 0 Å². The van der Waals surface area contributed by atoms with E-state index in [4.69, 9.17) is 9.47 Å². The van der Waals surface area contributed by atoms with Crippen molar-refractivity contribution in [2.75, 3.05) is 14.2 Å². The summed E-state index contributed by atoms with van der Waals surface area (Å²) < 4.78 is 9.93. The zero-order valence-corrected chi connectivity index (χ0v) is 7.05. The number of aliphatic hydroxyl groups excluding tert-OH is 1. The van der Waals surface area contributed by atoms with Crippen molar-refractivity contribution in [3.05, 3.63) is 0 Å². The lowest BCUT2D eigenvalue weighted by molar-refractivity contribution is -0.247. The van der Waals surface area contributed by atoms with E-state index < -0.39 is 11.9 Å². The number of rotatable bonds is 4. The van der Waals surface area contributed by atoms with Gasteiger partial charge in [0.05, 0.1) is 0 Å². The van der Waals surface area contributed by atoms with Crippen molar-refractivity contribution >= 4 is 0 Å². The largest absolute Gasteiger partial charge is 0.388 e. The van der Waals surface area contributed by atoms with Crippen LogP contribution in [0.15, 0.2) is 0 Å². The molecule has 0 radical (unpaired) electrons. The number of aliphatic hydroxyl groups is 1. The second-order valence-corrected chi connectivity index (χ2v) is 2.35. The van der Waals surface area contributed by atoms with E-state index in [1.54, 1.807) is 6.92 Å². The fraction of sp³-hybridized carbons (Fsp3) is 1.00. The molecule has 62 valence electrons. The molecule has 3 nitrogen and oxygen atoms in total. The van der Waals surface area contributed by atoms with Gasteiger partial charge < -0.3 is 14.6 Å². The van der Waals surface area contributed by atoms with E-state index in [2.05, 4.69) is 0 Å². The molecule has 0 aliphatic carbocycles. The Kier molecular flexibility index (Phi) is 3.86. The van der Waals surface area contributed by atoms with Gasteiger partial charge in [0.15, 0.2) is 5.79 Å². The van der Waals surface area contributed by atoms with E-state index in [-0.39, 0.29) is 0 Å². The number of hydrogen-bond donors (Lipinski definition) is 1. The third kappa shape index (κ3) is 1.94. The molecule has 3 heteroatoms. The molecule has 0 heterocycles. The first-order chi connectivity index (χ1) is 4.60. The molecular weight excluding hydrogens is 132 g/mol. The Morgan fingerprint density at radius 3 is 1.90 bits per heavy atom. The molecule has 0 saturated carbocycles. The SMILES string of the molecule is CCC(O)C(C)(OC)OC. The average Bonchev–Trinajstić information content (AvgIpc) is 2.01. The van der Waals surface area contributed by atoms with Gasteiger partial charge >= 0.3 is 0 Å². The standard InChI is InChI=1S/C7H16O3/c1-5-6(8)7(2,9-3)10-4/h6,8H,5H2,1-4H3. The molecule has 0 aliphatic heterocycles. The minimum Gasteiger partial charge on any atom is -0.388 e. The monoisotopic (exact) mass is 148 g/mol. The fourth-order valence-electron chi connectivity index (χ4n) is 0.726. The molecule has 1 unspecified atom stereocenters. The molecule has 0 aliphatic rings. The minimum atomic E-state index is -0.852. The molecule has 0 amide bonds. The summed E-state index contributed by atoms with van der Waals surface area (Å²) >= 11 is 0. The Labute approximate surface area is 62.0 Å². The van der Waals surface area contributed by atoms with Gasteiger partial charge in [-0.05, 0) is 13.3 Å². The van der Waals surface area contributed by atoms with E-state index >= 15 is 0 Å². The van der Waals surface area contributed by atoms with Crippen molar-refractivity contribution in [2.45, 2.75) is 32.2 Å². The van der Waals surface area contributed by atoms with E-state index in [0.29, 0.717) is 6.42 Å². The summed E-state index contributed by atoms with van der Waals surface area (Å²) in [5, 5.41) is 9.33. The molecule has 0 fully saturated rings. The van der Waals surface area contributed by atoms with E-state index in [1.807, 2.05) is 6.92 Å². The molecular formula is C7H16O3. The summed E-state index contributed by atoms with van der Waals surface area (Å²) in [6.45, 7) is 3.59. The molecule has 0 aromatic carbocycles. The Morgan fingerprint density at radius 1 is 1.40 bits per heavy atom. The summed E-state index contributed by atoms with van der Waals surface area (Å²) in [4.78, 5) is 0. The highest BCUT2D eigenvalue weighted by Gasteiger charge is 2.30. The highest BCUT2D eigenvalue weighted by molar-refractivity contribution is 4.71. The van der Waals surface area contributed by atoms with E-state index in [9.17, 15) is 5.11 Å². The van der Waals surface area contributed by atoms with Crippen molar-refractivity contribution in [3.63, 3.8) is 0 Å². The van der Waals surface area contributed by atoms with Crippen LogP contribution in [-0.2, 0) is 9.47 Å². The van der Waals surface area contributed by atoms with Crippen LogP contribution in [0.2, 0.25) is 0 Å². The summed E-state index contributed by atoms with van der Waals surface area (Å²) in [5.41, 5.74) is 0. The molecule has 1 N–H and O–H groups in total. The lowest BCUT2D eigenvalue weighted by atomic mass is 10.1. The first-order valence-electron chi connectivity index (χ1n) is 3.39. The van der Waals surface area contributed by atoms with Crippen molar-refractivity contribution < 1.29 is 14.6 Å². The van der Waals surface area contributed by atoms with Crippen LogP contribution < -0.4 is 0 Å². The lowest BCUT2D eigenvalue weighted by Crippen LogP contribution is -2.42. The van der Waals surface area contributed by atoms with Crippen molar-refractivity contribution in [3.8, 4) is 0 Å². The Hall–Kier alpha value is -0.120. The van der Waals surface area contributed by atoms with Gasteiger partial charge in [-0.3, -0.25) is 0 Å².